The molecule has 1 saturated heterocycles. The molecule has 11 nitrogen and oxygen atoms in total. The fourth-order valence-electron chi connectivity index (χ4n) is 2.54. The summed E-state index contributed by atoms with van der Waals surface area (Å²) in [6.07, 6.45) is -3.46. The molecule has 4 atom stereocenters. The Labute approximate surface area is 141 Å². The monoisotopic (exact) mass is 353 g/mol. The number of aliphatic hydroxyl groups excluding tert-OH is 3. The summed E-state index contributed by atoms with van der Waals surface area (Å²) in [4.78, 5) is 34.4. The van der Waals surface area contributed by atoms with Crippen molar-refractivity contribution in [1.82, 2.24) is 19.5 Å². The molecule has 3 heterocycles. The lowest BCUT2D eigenvalue weighted by Crippen LogP contribution is -2.33. The van der Waals surface area contributed by atoms with Crippen molar-refractivity contribution >= 4 is 23.0 Å². The molecule has 2 aromatic rings. The average Bonchev–Trinajstić information content (AvgIpc) is 3.10. The van der Waals surface area contributed by atoms with Gasteiger partial charge in [0.25, 0.3) is 5.56 Å². The van der Waals surface area contributed by atoms with Gasteiger partial charge >= 0.3 is 0 Å². The van der Waals surface area contributed by atoms with E-state index in [0.717, 1.165) is 0 Å². The van der Waals surface area contributed by atoms with Gasteiger partial charge in [-0.3, -0.25) is 24.5 Å². The summed E-state index contributed by atoms with van der Waals surface area (Å²) in [7, 11) is 0. The molecule has 11 heteroatoms. The lowest BCUT2D eigenvalue weighted by Gasteiger charge is -2.16. The van der Waals surface area contributed by atoms with Crippen LogP contribution in [-0.2, 0) is 9.53 Å². The third-order valence-electron chi connectivity index (χ3n) is 3.99. The number of amides is 1. The van der Waals surface area contributed by atoms with Crippen molar-refractivity contribution in [1.29, 1.82) is 0 Å². The maximum Gasteiger partial charge on any atom is 0.280 e. The van der Waals surface area contributed by atoms with Crippen LogP contribution in [0.15, 0.2) is 11.1 Å². The molecular formula is C14H19N5O6. The van der Waals surface area contributed by atoms with Crippen LogP contribution in [0.4, 0.5) is 5.95 Å². The highest BCUT2D eigenvalue weighted by molar-refractivity contribution is 5.91. The summed E-state index contributed by atoms with van der Waals surface area (Å²) in [5, 5.41) is 31.7. The second-order valence-electron chi connectivity index (χ2n) is 6.11. The van der Waals surface area contributed by atoms with Crippen molar-refractivity contribution in [2.45, 2.75) is 38.4 Å². The Morgan fingerprint density at radius 1 is 1.44 bits per heavy atom. The first-order valence-electron chi connectivity index (χ1n) is 7.73. The van der Waals surface area contributed by atoms with Gasteiger partial charge in [-0.25, -0.2) is 4.98 Å². The van der Waals surface area contributed by atoms with Gasteiger partial charge in [-0.2, -0.15) is 4.98 Å². The summed E-state index contributed by atoms with van der Waals surface area (Å²) in [6.45, 7) is 2.90. The standard InChI is InChI=1S/C14H19N5O6/c1-5(2)11(23)17-14-16-10-7(12(24)18-14)15-4-19(10)13-9(22)8(21)6(3-20)25-13/h4-6,8-9,13,20-22H,3H2,1-2H3,(H2,16,17,18,23,24)/t6-,8?,9+,13-/m1/s1. The third-order valence-corrected chi connectivity index (χ3v) is 3.99. The van der Waals surface area contributed by atoms with Gasteiger partial charge in [0.15, 0.2) is 17.4 Å². The maximum absolute atomic E-state index is 12.1. The maximum atomic E-state index is 12.1. The summed E-state index contributed by atoms with van der Waals surface area (Å²) in [5.41, 5.74) is -0.521. The second kappa shape index (κ2) is 6.52. The Kier molecular flexibility index (Phi) is 4.56. The van der Waals surface area contributed by atoms with E-state index >= 15 is 0 Å². The number of fused-ring (bicyclic) bond motifs is 1. The van der Waals surface area contributed by atoms with Crippen molar-refractivity contribution in [2.24, 2.45) is 5.92 Å². The summed E-state index contributed by atoms with van der Waals surface area (Å²) < 4.78 is 6.70. The number of aromatic amines is 1. The summed E-state index contributed by atoms with van der Waals surface area (Å²) in [6, 6.07) is 0. The van der Waals surface area contributed by atoms with E-state index in [1.165, 1.54) is 10.9 Å². The van der Waals surface area contributed by atoms with Gasteiger partial charge in [-0.05, 0) is 0 Å². The molecule has 1 fully saturated rings. The van der Waals surface area contributed by atoms with Crippen molar-refractivity contribution < 1.29 is 24.9 Å². The number of imidazole rings is 1. The van der Waals surface area contributed by atoms with Crippen LogP contribution in [-0.4, -0.2) is 65.7 Å². The van der Waals surface area contributed by atoms with Gasteiger partial charge in [0.05, 0.1) is 12.9 Å². The molecule has 0 aliphatic carbocycles. The zero-order valence-electron chi connectivity index (χ0n) is 13.6. The van der Waals surface area contributed by atoms with Gasteiger partial charge < -0.3 is 20.1 Å². The van der Waals surface area contributed by atoms with Crippen LogP contribution < -0.4 is 10.9 Å². The number of carbonyl (C=O) groups is 1. The minimum Gasteiger partial charge on any atom is -0.394 e. The van der Waals surface area contributed by atoms with Crippen LogP contribution in [0.1, 0.15) is 20.1 Å². The Bertz CT molecular complexity index is 846. The van der Waals surface area contributed by atoms with E-state index in [1.54, 1.807) is 13.8 Å². The van der Waals surface area contributed by atoms with Gasteiger partial charge in [0.2, 0.25) is 11.9 Å². The molecule has 0 radical (unpaired) electrons. The molecule has 3 rings (SSSR count). The molecule has 1 amide bonds. The number of rotatable bonds is 4. The molecule has 1 aliphatic rings. The zero-order chi connectivity index (χ0) is 18.3. The Balaban J connectivity index is 2.01. The van der Waals surface area contributed by atoms with E-state index in [-0.39, 0.29) is 28.9 Å². The molecular weight excluding hydrogens is 334 g/mol. The number of nitrogens with zero attached hydrogens (tertiary/aromatic N) is 3. The number of ether oxygens (including phenoxy) is 1. The SMILES string of the molecule is CC(C)C(=O)Nc1nc2c(ncn2[C@@H]2O[C@H](CO)C(O)[C@@H]2O)c(=O)[nH]1. The highest BCUT2D eigenvalue weighted by Crippen LogP contribution is 2.30. The quantitative estimate of drug-likeness (QED) is 0.435. The van der Waals surface area contributed by atoms with Gasteiger partial charge in [0.1, 0.15) is 18.3 Å². The van der Waals surface area contributed by atoms with Crippen molar-refractivity contribution in [3.8, 4) is 0 Å². The van der Waals surface area contributed by atoms with E-state index in [2.05, 4.69) is 20.3 Å². The molecule has 1 aliphatic heterocycles. The molecule has 0 saturated carbocycles. The number of hydrogen-bond donors (Lipinski definition) is 5. The normalized spacial score (nSPS) is 26.5. The number of nitrogens with one attached hydrogen (secondary N) is 2. The molecule has 0 aromatic carbocycles. The molecule has 5 N–H and O–H groups in total. The number of carbonyl (C=O) groups excluding carboxylic acids is 1. The highest BCUT2D eigenvalue weighted by Gasteiger charge is 2.44. The van der Waals surface area contributed by atoms with E-state index in [9.17, 15) is 24.9 Å². The van der Waals surface area contributed by atoms with Crippen LogP contribution in [0.25, 0.3) is 11.2 Å². The minimum atomic E-state index is -1.34. The largest absolute Gasteiger partial charge is 0.394 e. The zero-order valence-corrected chi connectivity index (χ0v) is 13.6. The van der Waals surface area contributed by atoms with Crippen LogP contribution in [0, 0.1) is 5.92 Å². The first kappa shape index (κ1) is 17.5. The molecule has 25 heavy (non-hydrogen) atoms. The van der Waals surface area contributed by atoms with Gasteiger partial charge in [-0.1, -0.05) is 13.8 Å². The molecule has 1 unspecified atom stereocenters. The van der Waals surface area contributed by atoms with E-state index in [1.807, 2.05) is 0 Å². The first-order chi connectivity index (χ1) is 11.8. The molecule has 0 bridgehead atoms. The van der Waals surface area contributed by atoms with Crippen molar-refractivity contribution in [3.05, 3.63) is 16.7 Å². The Hall–Kier alpha value is -2.34. The fraction of sp³-hybridized carbons (Fsp3) is 0.571. The average molecular weight is 353 g/mol. The number of H-pyrrole nitrogens is 1. The lowest BCUT2D eigenvalue weighted by atomic mass is 10.1. The number of aromatic nitrogens is 4. The second-order valence-corrected chi connectivity index (χ2v) is 6.11. The Morgan fingerprint density at radius 2 is 2.16 bits per heavy atom. The van der Waals surface area contributed by atoms with Crippen LogP contribution >= 0.6 is 0 Å². The third kappa shape index (κ3) is 3.02. The molecule has 136 valence electrons. The number of hydrogen-bond acceptors (Lipinski definition) is 8. The number of aliphatic hydroxyl groups is 3. The van der Waals surface area contributed by atoms with E-state index in [0.29, 0.717) is 0 Å². The van der Waals surface area contributed by atoms with Crippen molar-refractivity contribution in [2.75, 3.05) is 11.9 Å². The predicted octanol–water partition coefficient (Wildman–Crippen LogP) is -1.67. The van der Waals surface area contributed by atoms with Crippen LogP contribution in [0.5, 0.6) is 0 Å². The van der Waals surface area contributed by atoms with Crippen LogP contribution in [0.2, 0.25) is 0 Å². The van der Waals surface area contributed by atoms with Crippen molar-refractivity contribution in [3.63, 3.8) is 0 Å². The lowest BCUT2D eigenvalue weighted by molar-refractivity contribution is -0.118. The van der Waals surface area contributed by atoms with Crippen LogP contribution in [0.3, 0.4) is 0 Å². The molecule has 0 spiro atoms. The van der Waals surface area contributed by atoms with Gasteiger partial charge in [0, 0.05) is 5.92 Å². The predicted molar refractivity (Wildman–Crippen MR) is 84.6 cm³/mol. The Morgan fingerprint density at radius 3 is 2.76 bits per heavy atom. The van der Waals surface area contributed by atoms with Gasteiger partial charge in [-0.15, -0.1) is 0 Å². The topological polar surface area (TPSA) is 163 Å². The smallest absolute Gasteiger partial charge is 0.280 e. The summed E-state index contributed by atoms with van der Waals surface area (Å²) in [5.74, 6) is -0.711. The minimum absolute atomic E-state index is 0.0136. The highest BCUT2D eigenvalue weighted by atomic mass is 16.6. The summed E-state index contributed by atoms with van der Waals surface area (Å²) >= 11 is 0. The van der Waals surface area contributed by atoms with E-state index in [4.69, 9.17) is 4.74 Å². The first-order valence-corrected chi connectivity index (χ1v) is 7.73. The molecule has 2 aromatic heterocycles. The van der Waals surface area contributed by atoms with E-state index < -0.39 is 36.7 Å². The fourth-order valence-corrected chi connectivity index (χ4v) is 2.54. The number of anilines is 1.